The van der Waals surface area contributed by atoms with E-state index >= 15 is 0 Å². The predicted molar refractivity (Wildman–Crippen MR) is 95.4 cm³/mol. The Labute approximate surface area is 153 Å². The number of rotatable bonds is 3. The number of likely N-dealkylation sites (tertiary alicyclic amines) is 1. The summed E-state index contributed by atoms with van der Waals surface area (Å²) in [4.78, 5) is 11.8. The van der Waals surface area contributed by atoms with Crippen LogP contribution in [-0.4, -0.2) is 49.1 Å². The van der Waals surface area contributed by atoms with Crippen molar-refractivity contribution < 1.29 is 4.74 Å². The van der Waals surface area contributed by atoms with Crippen molar-refractivity contribution in [3.8, 4) is 0 Å². The fraction of sp³-hybridized carbons (Fsp3) is 0.684. The van der Waals surface area contributed by atoms with Gasteiger partial charge in [-0.05, 0) is 19.3 Å². The van der Waals surface area contributed by atoms with Crippen LogP contribution in [0.25, 0.3) is 0 Å². The molecule has 2 fully saturated rings. The minimum Gasteiger partial charge on any atom is -0.370 e. The quantitative estimate of drug-likeness (QED) is 0.843. The maximum absolute atomic E-state index is 6.00. The van der Waals surface area contributed by atoms with Gasteiger partial charge in [-0.25, -0.2) is 14.6 Å². The highest BCUT2D eigenvalue weighted by atomic mass is 16.5. The first kappa shape index (κ1) is 16.3. The van der Waals surface area contributed by atoms with Crippen LogP contribution in [0.1, 0.15) is 67.6 Å². The first-order chi connectivity index (χ1) is 12.9. The monoisotopic (exact) mass is 354 g/mol. The standard InChI is InChI=1S/C19H26N6O/c1-2-4-15(5-3-1)19-20-8-14(9-21-19)11-24-7-6-18-17(12-24)25-16(13-26-18)10-22-23-25/h8-10,15,17-18H,1-7,11-13H2/t17-,18-/m1/s1. The van der Waals surface area contributed by atoms with Crippen molar-refractivity contribution in [3.63, 3.8) is 0 Å². The number of fused-ring (bicyclic) bond motifs is 3. The molecular formula is C19H26N6O. The van der Waals surface area contributed by atoms with Crippen LogP contribution in [0.3, 0.4) is 0 Å². The molecule has 3 aliphatic rings. The van der Waals surface area contributed by atoms with E-state index in [4.69, 9.17) is 4.74 Å². The van der Waals surface area contributed by atoms with E-state index in [1.54, 1.807) is 0 Å². The van der Waals surface area contributed by atoms with Crippen molar-refractivity contribution >= 4 is 0 Å². The topological polar surface area (TPSA) is 69.0 Å². The highest BCUT2D eigenvalue weighted by Gasteiger charge is 2.36. The first-order valence-electron chi connectivity index (χ1n) is 9.90. The smallest absolute Gasteiger partial charge is 0.131 e. The van der Waals surface area contributed by atoms with Crippen LogP contribution in [0.4, 0.5) is 0 Å². The number of ether oxygens (including phenoxy) is 1. The molecule has 0 radical (unpaired) electrons. The van der Waals surface area contributed by atoms with Crippen LogP contribution in [0.5, 0.6) is 0 Å². The van der Waals surface area contributed by atoms with Gasteiger partial charge in [-0.15, -0.1) is 5.10 Å². The van der Waals surface area contributed by atoms with E-state index in [1.807, 2.05) is 18.6 Å². The molecule has 1 saturated heterocycles. The fourth-order valence-electron chi connectivity index (χ4n) is 4.66. The fourth-order valence-corrected chi connectivity index (χ4v) is 4.66. The Bertz CT molecular complexity index is 739. The molecule has 2 aromatic heterocycles. The van der Waals surface area contributed by atoms with E-state index in [0.29, 0.717) is 12.5 Å². The van der Waals surface area contributed by atoms with E-state index in [1.165, 1.54) is 37.7 Å². The predicted octanol–water partition coefficient (Wildman–Crippen LogP) is 2.46. The first-order valence-corrected chi connectivity index (χ1v) is 9.90. The Hall–Kier alpha value is -1.86. The van der Waals surface area contributed by atoms with E-state index < -0.39 is 0 Å². The molecule has 138 valence electrons. The highest BCUT2D eigenvalue weighted by molar-refractivity contribution is 5.09. The summed E-state index contributed by atoms with van der Waals surface area (Å²) >= 11 is 0. The van der Waals surface area contributed by atoms with Gasteiger partial charge in [0, 0.05) is 43.5 Å². The number of hydrogen-bond donors (Lipinski definition) is 0. The van der Waals surface area contributed by atoms with Crippen LogP contribution in [0.2, 0.25) is 0 Å². The zero-order valence-electron chi connectivity index (χ0n) is 15.1. The van der Waals surface area contributed by atoms with Gasteiger partial charge in [0.05, 0.1) is 30.6 Å². The van der Waals surface area contributed by atoms with E-state index in [2.05, 4.69) is 29.9 Å². The van der Waals surface area contributed by atoms with E-state index in [-0.39, 0.29) is 12.1 Å². The lowest BCUT2D eigenvalue weighted by atomic mass is 9.89. The normalized spacial score (nSPS) is 27.1. The van der Waals surface area contributed by atoms with E-state index in [9.17, 15) is 0 Å². The molecule has 1 saturated carbocycles. The second-order valence-corrected chi connectivity index (χ2v) is 7.89. The van der Waals surface area contributed by atoms with Crippen LogP contribution in [0, 0.1) is 0 Å². The Balaban J connectivity index is 1.24. The molecule has 4 heterocycles. The third-order valence-corrected chi connectivity index (χ3v) is 6.11. The number of nitrogens with zero attached hydrogens (tertiary/aromatic N) is 6. The second kappa shape index (κ2) is 7.04. The molecule has 2 atom stereocenters. The molecule has 0 N–H and O–H groups in total. The summed E-state index contributed by atoms with van der Waals surface area (Å²) in [7, 11) is 0. The van der Waals surface area contributed by atoms with Crippen LogP contribution < -0.4 is 0 Å². The van der Waals surface area contributed by atoms with Gasteiger partial charge in [0.15, 0.2) is 0 Å². The zero-order valence-corrected chi connectivity index (χ0v) is 15.1. The van der Waals surface area contributed by atoms with Crippen LogP contribution >= 0.6 is 0 Å². The molecule has 1 aliphatic carbocycles. The highest BCUT2D eigenvalue weighted by Crippen LogP contribution is 2.32. The number of aromatic nitrogens is 5. The van der Waals surface area contributed by atoms with Gasteiger partial charge in [-0.1, -0.05) is 24.5 Å². The minimum absolute atomic E-state index is 0.255. The molecule has 0 bridgehead atoms. The molecule has 2 aliphatic heterocycles. The lowest BCUT2D eigenvalue weighted by Gasteiger charge is -2.41. The molecule has 0 aromatic carbocycles. The van der Waals surface area contributed by atoms with Crippen molar-refractivity contribution in [1.82, 2.24) is 29.9 Å². The third kappa shape index (κ3) is 3.14. The van der Waals surface area contributed by atoms with Crippen molar-refractivity contribution in [2.75, 3.05) is 13.1 Å². The summed E-state index contributed by atoms with van der Waals surface area (Å²) in [5.74, 6) is 1.61. The summed E-state index contributed by atoms with van der Waals surface area (Å²) in [6.07, 6.45) is 13.6. The molecule has 0 unspecified atom stereocenters. The summed E-state index contributed by atoms with van der Waals surface area (Å²) in [6, 6.07) is 0.262. The number of piperidine rings is 1. The van der Waals surface area contributed by atoms with Crippen molar-refractivity contribution in [3.05, 3.63) is 35.7 Å². The summed E-state index contributed by atoms with van der Waals surface area (Å²) < 4.78 is 8.05. The Kier molecular flexibility index (Phi) is 4.42. The van der Waals surface area contributed by atoms with Crippen molar-refractivity contribution in [2.45, 2.75) is 69.7 Å². The molecular weight excluding hydrogens is 328 g/mol. The van der Waals surface area contributed by atoms with Gasteiger partial charge in [-0.2, -0.15) is 0 Å². The maximum atomic E-state index is 6.00. The summed E-state index contributed by atoms with van der Waals surface area (Å²) in [6.45, 7) is 3.49. The van der Waals surface area contributed by atoms with Crippen LogP contribution in [0.15, 0.2) is 18.6 Å². The lowest BCUT2D eigenvalue weighted by molar-refractivity contribution is -0.0670. The van der Waals surface area contributed by atoms with Crippen LogP contribution in [-0.2, 0) is 17.9 Å². The largest absolute Gasteiger partial charge is 0.370 e. The Morgan fingerprint density at radius 2 is 1.88 bits per heavy atom. The third-order valence-electron chi connectivity index (χ3n) is 6.11. The zero-order chi connectivity index (χ0) is 17.3. The Morgan fingerprint density at radius 3 is 2.73 bits per heavy atom. The van der Waals surface area contributed by atoms with E-state index in [0.717, 1.165) is 37.6 Å². The van der Waals surface area contributed by atoms with Gasteiger partial charge in [-0.3, -0.25) is 4.90 Å². The average molecular weight is 354 g/mol. The average Bonchev–Trinajstić information content (AvgIpc) is 3.19. The van der Waals surface area contributed by atoms with Gasteiger partial charge in [0.2, 0.25) is 0 Å². The molecule has 26 heavy (non-hydrogen) atoms. The van der Waals surface area contributed by atoms with Crippen molar-refractivity contribution in [2.24, 2.45) is 0 Å². The van der Waals surface area contributed by atoms with Gasteiger partial charge in [0.25, 0.3) is 0 Å². The molecule has 2 aromatic rings. The summed E-state index contributed by atoms with van der Waals surface area (Å²) in [5, 5.41) is 8.33. The van der Waals surface area contributed by atoms with Gasteiger partial charge >= 0.3 is 0 Å². The minimum atomic E-state index is 0.255. The SMILES string of the molecule is c1nc(C2CCCCC2)ncc1CN1CC[C@H]2OCc3cnnn3[C@@H]2C1. The molecule has 0 spiro atoms. The van der Waals surface area contributed by atoms with Gasteiger partial charge < -0.3 is 4.74 Å². The lowest BCUT2D eigenvalue weighted by Crippen LogP contribution is -2.47. The second-order valence-electron chi connectivity index (χ2n) is 7.89. The van der Waals surface area contributed by atoms with Crippen molar-refractivity contribution in [1.29, 1.82) is 0 Å². The maximum Gasteiger partial charge on any atom is 0.131 e. The van der Waals surface area contributed by atoms with Gasteiger partial charge in [0.1, 0.15) is 5.82 Å². The molecule has 5 rings (SSSR count). The number of hydrogen-bond acceptors (Lipinski definition) is 6. The molecule has 7 nitrogen and oxygen atoms in total. The Morgan fingerprint density at radius 1 is 1.04 bits per heavy atom. The molecule has 0 amide bonds. The summed E-state index contributed by atoms with van der Waals surface area (Å²) in [5.41, 5.74) is 2.27. The molecule has 7 heteroatoms.